The molecule has 1 saturated heterocycles. The van der Waals surface area contributed by atoms with E-state index in [4.69, 9.17) is 0 Å². The van der Waals surface area contributed by atoms with Gasteiger partial charge in [-0.2, -0.15) is 9.49 Å². The van der Waals surface area contributed by atoms with Crippen molar-refractivity contribution in [3.8, 4) is 0 Å². The SMILES string of the molecule is CN1CCC(NN(c2cnn(C)c2F)S(=O)[O-])CC1.Cl. The fourth-order valence-electron chi connectivity index (χ4n) is 2.04. The van der Waals surface area contributed by atoms with Crippen LogP contribution in [0.1, 0.15) is 12.8 Å². The van der Waals surface area contributed by atoms with Crippen LogP contribution >= 0.6 is 12.4 Å². The molecule has 1 N–H and O–H groups in total. The Kier molecular flexibility index (Phi) is 6.34. The molecule has 1 fully saturated rings. The van der Waals surface area contributed by atoms with Gasteiger partial charge in [0.15, 0.2) is 0 Å². The number of aromatic nitrogens is 2. The van der Waals surface area contributed by atoms with Crippen LogP contribution in [-0.4, -0.2) is 49.6 Å². The minimum atomic E-state index is -2.60. The number of halogens is 2. The van der Waals surface area contributed by atoms with Crippen LogP contribution in [0.15, 0.2) is 6.20 Å². The molecule has 116 valence electrons. The molecule has 1 aromatic rings. The zero-order chi connectivity index (χ0) is 14.0. The number of piperidine rings is 1. The zero-order valence-corrected chi connectivity index (χ0v) is 12.9. The van der Waals surface area contributed by atoms with Gasteiger partial charge in [0, 0.05) is 13.1 Å². The molecule has 0 aliphatic carbocycles. The molecule has 2 rings (SSSR count). The highest BCUT2D eigenvalue weighted by Crippen LogP contribution is 2.19. The van der Waals surface area contributed by atoms with Gasteiger partial charge in [-0.1, -0.05) is 0 Å². The van der Waals surface area contributed by atoms with Crippen LogP contribution < -0.4 is 9.84 Å². The highest BCUT2D eigenvalue weighted by Gasteiger charge is 2.22. The average Bonchev–Trinajstić information content (AvgIpc) is 2.69. The van der Waals surface area contributed by atoms with Crippen LogP contribution in [0.2, 0.25) is 0 Å². The van der Waals surface area contributed by atoms with E-state index in [1.807, 2.05) is 7.05 Å². The highest BCUT2D eigenvalue weighted by molar-refractivity contribution is 7.80. The van der Waals surface area contributed by atoms with Crippen molar-refractivity contribution >= 4 is 29.4 Å². The third-order valence-corrected chi connectivity index (χ3v) is 3.84. The maximum atomic E-state index is 13.7. The van der Waals surface area contributed by atoms with Gasteiger partial charge in [-0.3, -0.25) is 4.21 Å². The van der Waals surface area contributed by atoms with E-state index in [-0.39, 0.29) is 24.1 Å². The van der Waals surface area contributed by atoms with Gasteiger partial charge in [0.1, 0.15) is 5.69 Å². The molecule has 0 amide bonds. The molecule has 0 bridgehead atoms. The van der Waals surface area contributed by atoms with E-state index in [1.54, 1.807) is 0 Å². The Morgan fingerprint density at radius 3 is 2.55 bits per heavy atom. The Balaban J connectivity index is 0.00000200. The first kappa shape index (κ1) is 17.3. The average molecular weight is 327 g/mol. The lowest BCUT2D eigenvalue weighted by Crippen LogP contribution is -2.50. The summed E-state index contributed by atoms with van der Waals surface area (Å²) in [4.78, 5) is 2.17. The van der Waals surface area contributed by atoms with Crippen molar-refractivity contribution in [1.29, 1.82) is 0 Å². The first-order chi connectivity index (χ1) is 8.99. The van der Waals surface area contributed by atoms with Crippen molar-refractivity contribution in [1.82, 2.24) is 20.1 Å². The third kappa shape index (κ3) is 3.89. The molecule has 1 aliphatic heterocycles. The summed E-state index contributed by atoms with van der Waals surface area (Å²) in [5.41, 5.74) is 2.76. The maximum Gasteiger partial charge on any atom is 0.237 e. The van der Waals surface area contributed by atoms with Gasteiger partial charge in [0.05, 0.1) is 17.5 Å². The molecule has 1 atom stereocenters. The van der Waals surface area contributed by atoms with Gasteiger partial charge >= 0.3 is 0 Å². The van der Waals surface area contributed by atoms with E-state index >= 15 is 0 Å². The van der Waals surface area contributed by atoms with Crippen LogP contribution in [-0.2, 0) is 18.3 Å². The van der Waals surface area contributed by atoms with Crippen LogP contribution in [0.25, 0.3) is 0 Å². The summed E-state index contributed by atoms with van der Waals surface area (Å²) < 4.78 is 38.0. The summed E-state index contributed by atoms with van der Waals surface area (Å²) in [7, 11) is 3.43. The minimum Gasteiger partial charge on any atom is -0.754 e. The lowest BCUT2D eigenvalue weighted by Gasteiger charge is -2.34. The number of anilines is 1. The van der Waals surface area contributed by atoms with E-state index in [0.29, 0.717) is 0 Å². The summed E-state index contributed by atoms with van der Waals surface area (Å²) in [6, 6.07) is 0.00806. The second kappa shape index (κ2) is 7.32. The fourth-order valence-corrected chi connectivity index (χ4v) is 2.56. The molecule has 1 aliphatic rings. The second-order valence-electron chi connectivity index (χ2n) is 4.66. The van der Waals surface area contributed by atoms with Gasteiger partial charge in [0.25, 0.3) is 0 Å². The number of nitrogens with zero attached hydrogens (tertiary/aromatic N) is 4. The third-order valence-electron chi connectivity index (χ3n) is 3.23. The fraction of sp³-hybridized carbons (Fsp3) is 0.700. The number of likely N-dealkylation sites (tertiary alicyclic amines) is 1. The van der Waals surface area contributed by atoms with Crippen molar-refractivity contribution < 1.29 is 13.2 Å². The van der Waals surface area contributed by atoms with Crippen LogP contribution in [0.3, 0.4) is 0 Å². The van der Waals surface area contributed by atoms with Crippen LogP contribution in [0, 0.1) is 5.95 Å². The van der Waals surface area contributed by atoms with Crippen molar-refractivity contribution in [3.05, 3.63) is 12.1 Å². The van der Waals surface area contributed by atoms with Crippen molar-refractivity contribution in [2.24, 2.45) is 7.05 Å². The minimum absolute atomic E-state index is 0. The molecule has 0 aromatic carbocycles. The van der Waals surface area contributed by atoms with Crippen molar-refractivity contribution in [3.63, 3.8) is 0 Å². The Labute approximate surface area is 125 Å². The Morgan fingerprint density at radius 2 is 2.10 bits per heavy atom. The summed E-state index contributed by atoms with van der Waals surface area (Å²) in [5, 5.41) is 3.70. The normalized spacial score (nSPS) is 18.6. The van der Waals surface area contributed by atoms with Gasteiger partial charge in [-0.25, -0.2) is 14.5 Å². The van der Waals surface area contributed by atoms with E-state index in [1.165, 1.54) is 13.2 Å². The molecule has 0 radical (unpaired) electrons. The van der Waals surface area contributed by atoms with Crippen LogP contribution in [0.4, 0.5) is 10.1 Å². The van der Waals surface area contributed by atoms with Gasteiger partial charge < -0.3 is 9.45 Å². The van der Waals surface area contributed by atoms with Gasteiger partial charge in [-0.15, -0.1) is 12.4 Å². The number of rotatable bonds is 4. The molecule has 1 aromatic heterocycles. The summed E-state index contributed by atoms with van der Waals surface area (Å²) >= 11 is -2.60. The largest absolute Gasteiger partial charge is 0.754 e. The Morgan fingerprint density at radius 1 is 1.50 bits per heavy atom. The molecule has 20 heavy (non-hydrogen) atoms. The maximum absolute atomic E-state index is 13.7. The first-order valence-electron chi connectivity index (χ1n) is 6.00. The van der Waals surface area contributed by atoms with Gasteiger partial charge in [-0.05, 0) is 33.0 Å². The first-order valence-corrected chi connectivity index (χ1v) is 7.04. The number of hydrogen-bond acceptors (Lipinski definition) is 5. The number of aryl methyl sites for hydroxylation is 1. The molecule has 0 saturated carbocycles. The summed E-state index contributed by atoms with van der Waals surface area (Å²) in [5.74, 6) is -0.690. The van der Waals surface area contributed by atoms with E-state index in [9.17, 15) is 13.2 Å². The highest BCUT2D eigenvalue weighted by atomic mass is 35.5. The molecule has 7 nitrogen and oxygen atoms in total. The van der Waals surface area contributed by atoms with Gasteiger partial charge in [0.2, 0.25) is 5.95 Å². The predicted octanol–water partition coefficient (Wildman–Crippen LogP) is 0.180. The number of nitrogens with one attached hydrogen (secondary N) is 1. The zero-order valence-electron chi connectivity index (χ0n) is 11.3. The number of hydrogen-bond donors (Lipinski definition) is 1. The molecule has 0 spiro atoms. The molecule has 2 heterocycles. The van der Waals surface area contributed by atoms with Crippen molar-refractivity contribution in [2.75, 3.05) is 24.6 Å². The molecular formula is C10H18ClFN5O2S-. The standard InChI is InChI=1S/C10H18FN5O2S.ClH/c1-14-5-3-8(4-6-14)13-16(19(17)18)9-7-12-15(2)10(9)11;/h7-8,13H,3-6H2,1-2H3,(H,17,18);1H/p-1. The topological polar surface area (TPSA) is 76.5 Å². The lowest BCUT2D eigenvalue weighted by molar-refractivity contribution is 0.236. The lowest BCUT2D eigenvalue weighted by atomic mass is 10.1. The summed E-state index contributed by atoms with van der Waals surface area (Å²) in [6.07, 6.45) is 2.81. The van der Waals surface area contributed by atoms with E-state index in [2.05, 4.69) is 15.4 Å². The second-order valence-corrected chi connectivity index (χ2v) is 5.46. The predicted molar refractivity (Wildman–Crippen MR) is 75.5 cm³/mol. The molecule has 10 heteroatoms. The smallest absolute Gasteiger partial charge is 0.237 e. The van der Waals surface area contributed by atoms with E-state index < -0.39 is 17.2 Å². The quantitative estimate of drug-likeness (QED) is 0.631. The van der Waals surface area contributed by atoms with Crippen molar-refractivity contribution in [2.45, 2.75) is 18.9 Å². The number of hydrazine groups is 1. The Hall–Kier alpha value is -0.740. The van der Waals surface area contributed by atoms with Crippen LogP contribution in [0.5, 0.6) is 0 Å². The van der Waals surface area contributed by atoms with E-state index in [0.717, 1.165) is 35.0 Å². The monoisotopic (exact) mass is 326 g/mol. The molecule has 1 unspecified atom stereocenters. The molecular weight excluding hydrogens is 309 g/mol. The Bertz CT molecular complexity index is 467. The summed E-state index contributed by atoms with van der Waals surface area (Å²) in [6.45, 7) is 1.76.